The molecule has 0 radical (unpaired) electrons. The normalized spacial score (nSPS) is 11.4. The number of carbonyl (C=O) groups is 1. The predicted octanol–water partition coefficient (Wildman–Crippen LogP) is 2.91. The Morgan fingerprint density at radius 2 is 2.21 bits per heavy atom. The van der Waals surface area contributed by atoms with Crippen molar-refractivity contribution in [3.63, 3.8) is 0 Å². The molecule has 0 atom stereocenters. The number of nitrogens with zero attached hydrogens (tertiary/aromatic N) is 1. The van der Waals surface area contributed by atoms with Gasteiger partial charge in [0.25, 0.3) is 0 Å². The summed E-state index contributed by atoms with van der Waals surface area (Å²) in [5.74, 6) is -0.554. The average Bonchev–Trinajstić information content (AvgIpc) is 2.33. The van der Waals surface area contributed by atoms with Crippen LogP contribution in [0.2, 0.25) is 5.15 Å². The molecule has 106 valence electrons. The number of rotatable bonds is 7. The van der Waals surface area contributed by atoms with E-state index in [0.717, 1.165) is 6.42 Å². The van der Waals surface area contributed by atoms with Crippen molar-refractivity contribution in [2.24, 2.45) is 5.41 Å². The Hall–Kier alpha value is -1.33. The van der Waals surface area contributed by atoms with E-state index in [9.17, 15) is 4.79 Å². The quantitative estimate of drug-likeness (QED) is 0.754. The molecule has 6 heteroatoms. The number of aromatic carboxylic acids is 1. The molecule has 0 spiro atoms. The SMILES string of the molecule is COCCC(C)(C)CNc1cc(C(=O)O)cc(Cl)n1. The summed E-state index contributed by atoms with van der Waals surface area (Å²) in [5.41, 5.74) is 0.140. The number of hydrogen-bond donors (Lipinski definition) is 2. The third-order valence-corrected chi connectivity index (χ3v) is 2.97. The molecule has 2 N–H and O–H groups in total. The van der Waals surface area contributed by atoms with Crippen LogP contribution in [-0.4, -0.2) is 36.3 Å². The van der Waals surface area contributed by atoms with Gasteiger partial charge >= 0.3 is 5.97 Å². The van der Waals surface area contributed by atoms with Gasteiger partial charge in [0.2, 0.25) is 0 Å². The molecule has 0 amide bonds. The van der Waals surface area contributed by atoms with Crippen LogP contribution in [0.25, 0.3) is 0 Å². The fraction of sp³-hybridized carbons (Fsp3) is 0.538. The molecule has 0 fully saturated rings. The molecule has 1 aromatic rings. The molecule has 0 aliphatic rings. The molecule has 0 unspecified atom stereocenters. The van der Waals surface area contributed by atoms with Gasteiger partial charge in [-0.05, 0) is 24.0 Å². The zero-order valence-electron chi connectivity index (χ0n) is 11.4. The number of methoxy groups -OCH3 is 1. The number of ether oxygens (including phenoxy) is 1. The van der Waals surface area contributed by atoms with E-state index in [1.54, 1.807) is 7.11 Å². The van der Waals surface area contributed by atoms with Crippen molar-refractivity contribution in [3.05, 3.63) is 22.8 Å². The minimum atomic E-state index is -1.02. The summed E-state index contributed by atoms with van der Waals surface area (Å²) in [4.78, 5) is 15.0. The van der Waals surface area contributed by atoms with Gasteiger partial charge in [0.1, 0.15) is 11.0 Å². The first-order chi connectivity index (χ1) is 8.84. The molecule has 1 aromatic heterocycles. The van der Waals surface area contributed by atoms with E-state index in [1.165, 1.54) is 12.1 Å². The fourth-order valence-corrected chi connectivity index (χ4v) is 1.72. The van der Waals surface area contributed by atoms with Crippen molar-refractivity contribution in [2.45, 2.75) is 20.3 Å². The second kappa shape index (κ2) is 6.73. The standard InChI is InChI=1S/C13H19ClN2O3/c1-13(2,4-5-19-3)8-15-11-7-9(12(17)18)6-10(14)16-11/h6-7H,4-5,8H2,1-3H3,(H,15,16)(H,17,18). The summed E-state index contributed by atoms with van der Waals surface area (Å²) < 4.78 is 5.06. The second-order valence-corrected chi connectivity index (χ2v) is 5.52. The highest BCUT2D eigenvalue weighted by atomic mass is 35.5. The average molecular weight is 287 g/mol. The van der Waals surface area contributed by atoms with Gasteiger partial charge in [0.05, 0.1) is 5.56 Å². The fourth-order valence-electron chi connectivity index (χ4n) is 1.51. The maximum atomic E-state index is 10.9. The lowest BCUT2D eigenvalue weighted by molar-refractivity contribution is 0.0697. The summed E-state index contributed by atoms with van der Waals surface area (Å²) in [5, 5.41) is 12.2. The topological polar surface area (TPSA) is 71.5 Å². The largest absolute Gasteiger partial charge is 0.478 e. The number of carboxylic acids is 1. The molecular formula is C13H19ClN2O3. The van der Waals surface area contributed by atoms with Gasteiger partial charge in [0, 0.05) is 20.3 Å². The van der Waals surface area contributed by atoms with Crippen molar-refractivity contribution in [1.29, 1.82) is 0 Å². The van der Waals surface area contributed by atoms with Crippen molar-refractivity contribution < 1.29 is 14.6 Å². The minimum absolute atomic E-state index is 0.0173. The van der Waals surface area contributed by atoms with E-state index in [0.29, 0.717) is 19.0 Å². The van der Waals surface area contributed by atoms with Crippen molar-refractivity contribution in [1.82, 2.24) is 4.98 Å². The first kappa shape index (κ1) is 15.7. The van der Waals surface area contributed by atoms with Gasteiger partial charge in [-0.3, -0.25) is 0 Å². The Balaban J connectivity index is 2.69. The molecule has 0 aromatic carbocycles. The van der Waals surface area contributed by atoms with Gasteiger partial charge in [-0.15, -0.1) is 0 Å². The molecule has 0 bridgehead atoms. The maximum Gasteiger partial charge on any atom is 0.335 e. The highest BCUT2D eigenvalue weighted by Crippen LogP contribution is 2.22. The minimum Gasteiger partial charge on any atom is -0.478 e. The molecule has 0 saturated carbocycles. The van der Waals surface area contributed by atoms with Crippen LogP contribution in [0.4, 0.5) is 5.82 Å². The Morgan fingerprint density at radius 1 is 1.53 bits per heavy atom. The van der Waals surface area contributed by atoms with Crippen LogP contribution in [0.3, 0.4) is 0 Å². The summed E-state index contributed by atoms with van der Waals surface area (Å²) in [6, 6.07) is 2.80. The molecule has 0 saturated heterocycles. The molecule has 1 rings (SSSR count). The number of hydrogen-bond acceptors (Lipinski definition) is 4. The van der Waals surface area contributed by atoms with Gasteiger partial charge in [0.15, 0.2) is 0 Å². The van der Waals surface area contributed by atoms with Gasteiger partial charge < -0.3 is 15.2 Å². The number of nitrogens with one attached hydrogen (secondary N) is 1. The summed E-state index contributed by atoms with van der Waals surface area (Å²) in [6.45, 7) is 5.53. The zero-order chi connectivity index (χ0) is 14.5. The summed E-state index contributed by atoms with van der Waals surface area (Å²) >= 11 is 5.79. The lowest BCUT2D eigenvalue weighted by atomic mass is 9.90. The van der Waals surface area contributed by atoms with E-state index in [1.807, 2.05) is 0 Å². The van der Waals surface area contributed by atoms with E-state index >= 15 is 0 Å². The highest BCUT2D eigenvalue weighted by molar-refractivity contribution is 6.29. The second-order valence-electron chi connectivity index (χ2n) is 5.13. The maximum absolute atomic E-state index is 10.9. The van der Waals surface area contributed by atoms with Gasteiger partial charge in [-0.25, -0.2) is 9.78 Å². The third kappa shape index (κ3) is 5.44. The molecular weight excluding hydrogens is 268 g/mol. The molecule has 5 nitrogen and oxygen atoms in total. The smallest absolute Gasteiger partial charge is 0.335 e. The van der Waals surface area contributed by atoms with Crippen LogP contribution < -0.4 is 5.32 Å². The molecule has 0 aliphatic heterocycles. The van der Waals surface area contributed by atoms with E-state index in [2.05, 4.69) is 24.1 Å². The first-order valence-electron chi connectivity index (χ1n) is 5.98. The van der Waals surface area contributed by atoms with E-state index < -0.39 is 5.97 Å². The van der Waals surface area contributed by atoms with Crippen LogP contribution in [0.15, 0.2) is 12.1 Å². The van der Waals surface area contributed by atoms with Crippen LogP contribution in [-0.2, 0) is 4.74 Å². The van der Waals surface area contributed by atoms with Gasteiger partial charge in [-0.2, -0.15) is 0 Å². The summed E-state index contributed by atoms with van der Waals surface area (Å²) in [7, 11) is 1.67. The molecule has 1 heterocycles. The Labute approximate surface area is 117 Å². The Kier molecular flexibility index (Phi) is 5.57. The number of anilines is 1. The monoisotopic (exact) mass is 286 g/mol. The van der Waals surface area contributed by atoms with Crippen molar-refractivity contribution >= 4 is 23.4 Å². The molecule has 0 aliphatic carbocycles. The van der Waals surface area contributed by atoms with Gasteiger partial charge in [-0.1, -0.05) is 25.4 Å². The number of carboxylic acid groups (broad SMARTS) is 1. The lowest BCUT2D eigenvalue weighted by Gasteiger charge is -2.24. The Morgan fingerprint density at radius 3 is 2.79 bits per heavy atom. The first-order valence-corrected chi connectivity index (χ1v) is 6.35. The van der Waals surface area contributed by atoms with Crippen LogP contribution in [0.1, 0.15) is 30.6 Å². The summed E-state index contributed by atoms with van der Waals surface area (Å²) in [6.07, 6.45) is 0.892. The third-order valence-electron chi connectivity index (χ3n) is 2.77. The zero-order valence-corrected chi connectivity index (χ0v) is 12.1. The number of aromatic nitrogens is 1. The highest BCUT2D eigenvalue weighted by Gasteiger charge is 2.18. The lowest BCUT2D eigenvalue weighted by Crippen LogP contribution is -2.25. The Bertz CT molecular complexity index is 450. The number of halogens is 1. The van der Waals surface area contributed by atoms with E-state index in [-0.39, 0.29) is 16.1 Å². The van der Waals surface area contributed by atoms with Crippen LogP contribution in [0, 0.1) is 5.41 Å². The van der Waals surface area contributed by atoms with Crippen LogP contribution >= 0.6 is 11.6 Å². The van der Waals surface area contributed by atoms with E-state index in [4.69, 9.17) is 21.4 Å². The predicted molar refractivity (Wildman–Crippen MR) is 75.0 cm³/mol. The van der Waals surface area contributed by atoms with Crippen LogP contribution in [0.5, 0.6) is 0 Å². The van der Waals surface area contributed by atoms with Crippen molar-refractivity contribution in [2.75, 3.05) is 25.6 Å². The van der Waals surface area contributed by atoms with Crippen molar-refractivity contribution in [3.8, 4) is 0 Å². The molecule has 19 heavy (non-hydrogen) atoms. The number of pyridine rings is 1.